The van der Waals surface area contributed by atoms with Gasteiger partial charge in [-0.3, -0.25) is 9.36 Å². The summed E-state index contributed by atoms with van der Waals surface area (Å²) in [4.78, 5) is 36.8. The SMILES string of the molecule is C#CCC(Oc1ccc(C)cc1-c1nsc2ccc(-n3c(=O)cc(C(F)(F)F)n(C)c3=O)cc12)C(=O)[O-]. The Bertz CT molecular complexity index is 1700. The molecule has 12 heteroatoms. The van der Waals surface area contributed by atoms with Gasteiger partial charge in [-0.25, -0.2) is 9.36 Å². The van der Waals surface area contributed by atoms with E-state index >= 15 is 0 Å². The van der Waals surface area contributed by atoms with Gasteiger partial charge in [0, 0.05) is 24.1 Å². The third-order valence-corrected chi connectivity index (χ3v) is 6.37. The second kappa shape index (κ2) is 9.59. The van der Waals surface area contributed by atoms with Crippen LogP contribution in [0.2, 0.25) is 0 Å². The van der Waals surface area contributed by atoms with Gasteiger partial charge in [0.25, 0.3) is 5.56 Å². The van der Waals surface area contributed by atoms with Gasteiger partial charge in [-0.05, 0) is 48.8 Å². The summed E-state index contributed by atoms with van der Waals surface area (Å²) < 4.78 is 51.4. The van der Waals surface area contributed by atoms with Crippen LogP contribution in [0.15, 0.2) is 52.1 Å². The molecule has 1 unspecified atom stereocenters. The molecule has 0 N–H and O–H groups in total. The third-order valence-electron chi connectivity index (χ3n) is 5.55. The summed E-state index contributed by atoms with van der Waals surface area (Å²) in [5.41, 5.74) is -2.08. The van der Waals surface area contributed by atoms with Gasteiger partial charge >= 0.3 is 11.9 Å². The summed E-state index contributed by atoms with van der Waals surface area (Å²) in [6, 6.07) is 9.78. The minimum absolute atomic E-state index is 0.0309. The average Bonchev–Trinajstić information content (AvgIpc) is 3.24. The Hall–Kier alpha value is -4.37. The summed E-state index contributed by atoms with van der Waals surface area (Å²) in [7, 11) is 0.928. The molecule has 1 atom stereocenters. The quantitative estimate of drug-likeness (QED) is 0.357. The molecule has 0 aliphatic heterocycles. The highest BCUT2D eigenvalue weighted by atomic mass is 32.1. The maximum Gasteiger partial charge on any atom is 0.431 e. The highest BCUT2D eigenvalue weighted by Gasteiger charge is 2.35. The summed E-state index contributed by atoms with van der Waals surface area (Å²) in [6.07, 6.45) is -1.30. The van der Waals surface area contributed by atoms with Gasteiger partial charge in [-0.15, -0.1) is 12.3 Å². The number of aryl methyl sites for hydroxylation is 1. The maximum atomic E-state index is 13.2. The molecule has 2 aromatic heterocycles. The molecule has 0 spiro atoms. The molecule has 0 amide bonds. The predicted octanol–water partition coefficient (Wildman–Crippen LogP) is 2.66. The molecule has 190 valence electrons. The number of carboxylic acids is 1. The first-order valence-corrected chi connectivity index (χ1v) is 11.4. The molecule has 37 heavy (non-hydrogen) atoms. The maximum absolute atomic E-state index is 13.2. The number of hydrogen-bond acceptors (Lipinski definition) is 7. The first kappa shape index (κ1) is 25.7. The van der Waals surface area contributed by atoms with Crippen LogP contribution in [-0.2, 0) is 18.0 Å². The molecule has 4 aromatic rings. The van der Waals surface area contributed by atoms with E-state index in [9.17, 15) is 32.7 Å². The monoisotopic (exact) mass is 528 g/mol. The zero-order chi connectivity index (χ0) is 27.1. The Balaban J connectivity index is 1.90. The Morgan fingerprint density at radius 2 is 1.95 bits per heavy atom. The number of rotatable bonds is 6. The predicted molar refractivity (Wildman–Crippen MR) is 129 cm³/mol. The number of carbonyl (C=O) groups excluding carboxylic acids is 1. The fourth-order valence-corrected chi connectivity index (χ4v) is 4.53. The number of halogens is 3. The molecule has 0 radical (unpaired) electrons. The molecule has 2 heterocycles. The van der Waals surface area contributed by atoms with Gasteiger partial charge < -0.3 is 14.6 Å². The molecule has 0 aliphatic rings. The molecule has 0 aliphatic carbocycles. The molecule has 0 saturated carbocycles. The molecule has 4 rings (SSSR count). The Morgan fingerprint density at radius 1 is 1.22 bits per heavy atom. The number of hydrogen-bond donors (Lipinski definition) is 0. The van der Waals surface area contributed by atoms with Crippen LogP contribution >= 0.6 is 11.5 Å². The summed E-state index contributed by atoms with van der Waals surface area (Å²) in [5.74, 6) is 0.894. The number of carboxylic acid groups (broad SMARTS) is 1. The third kappa shape index (κ3) is 4.85. The van der Waals surface area contributed by atoms with E-state index in [1.165, 1.54) is 12.1 Å². The van der Waals surface area contributed by atoms with Crippen molar-refractivity contribution >= 4 is 27.6 Å². The van der Waals surface area contributed by atoms with Gasteiger partial charge in [0.05, 0.1) is 28.5 Å². The normalized spacial score (nSPS) is 12.3. The Morgan fingerprint density at radius 3 is 2.59 bits per heavy atom. The zero-order valence-corrected chi connectivity index (χ0v) is 20.1. The van der Waals surface area contributed by atoms with Crippen molar-refractivity contribution in [3.8, 4) is 35.0 Å². The summed E-state index contributed by atoms with van der Waals surface area (Å²) >= 11 is 1.09. The molecular formula is C25H17F3N3O5S-. The number of aromatic nitrogens is 3. The molecule has 0 bridgehead atoms. The van der Waals surface area contributed by atoms with Gasteiger partial charge in [0.15, 0.2) is 0 Å². The average molecular weight is 528 g/mol. The van der Waals surface area contributed by atoms with Crippen LogP contribution in [0.5, 0.6) is 5.75 Å². The minimum Gasteiger partial charge on any atom is -0.546 e. The lowest BCUT2D eigenvalue weighted by molar-refractivity contribution is -0.313. The summed E-state index contributed by atoms with van der Waals surface area (Å²) in [6.45, 7) is 1.80. The van der Waals surface area contributed by atoms with Crippen LogP contribution < -0.4 is 21.1 Å². The Labute approximate surface area is 211 Å². The molecule has 0 saturated heterocycles. The number of aliphatic carboxylic acids is 1. The topological polar surface area (TPSA) is 106 Å². The molecule has 2 aromatic carbocycles. The fourth-order valence-electron chi connectivity index (χ4n) is 3.76. The van der Waals surface area contributed by atoms with Gasteiger partial charge in [-0.1, -0.05) is 11.6 Å². The van der Waals surface area contributed by atoms with E-state index in [0.29, 0.717) is 36.5 Å². The number of benzene rings is 2. The van der Waals surface area contributed by atoms with Crippen LogP contribution in [0.1, 0.15) is 17.7 Å². The first-order chi connectivity index (χ1) is 17.4. The molecular weight excluding hydrogens is 511 g/mol. The van der Waals surface area contributed by atoms with E-state index in [2.05, 4.69) is 10.3 Å². The summed E-state index contributed by atoms with van der Waals surface area (Å²) in [5, 5.41) is 11.9. The lowest BCUT2D eigenvalue weighted by Crippen LogP contribution is -2.40. The lowest BCUT2D eigenvalue weighted by Gasteiger charge is -2.20. The van der Waals surface area contributed by atoms with Crippen molar-refractivity contribution in [2.75, 3.05) is 0 Å². The van der Waals surface area contributed by atoms with Gasteiger partial charge in [-0.2, -0.15) is 17.5 Å². The van der Waals surface area contributed by atoms with E-state index in [1.54, 1.807) is 31.2 Å². The van der Waals surface area contributed by atoms with Crippen molar-refractivity contribution in [3.05, 3.63) is 74.6 Å². The van der Waals surface area contributed by atoms with Crippen LogP contribution in [0.3, 0.4) is 0 Å². The zero-order valence-electron chi connectivity index (χ0n) is 19.3. The van der Waals surface area contributed by atoms with Crippen LogP contribution in [0.4, 0.5) is 13.2 Å². The fraction of sp³-hybridized carbons (Fsp3) is 0.200. The highest BCUT2D eigenvalue weighted by Crippen LogP contribution is 2.38. The second-order valence-electron chi connectivity index (χ2n) is 8.09. The van der Waals surface area contributed by atoms with E-state index in [-0.39, 0.29) is 17.9 Å². The van der Waals surface area contributed by atoms with E-state index in [4.69, 9.17) is 11.2 Å². The second-order valence-corrected chi connectivity index (χ2v) is 8.89. The largest absolute Gasteiger partial charge is 0.546 e. The Kier molecular flexibility index (Phi) is 6.66. The first-order valence-electron chi connectivity index (χ1n) is 10.6. The van der Waals surface area contributed by atoms with Crippen molar-refractivity contribution in [2.45, 2.75) is 25.6 Å². The van der Waals surface area contributed by atoms with Crippen molar-refractivity contribution in [1.82, 2.24) is 13.5 Å². The van der Waals surface area contributed by atoms with Crippen molar-refractivity contribution in [2.24, 2.45) is 7.05 Å². The number of ether oxygens (including phenoxy) is 1. The van der Waals surface area contributed by atoms with Crippen molar-refractivity contribution in [3.63, 3.8) is 0 Å². The van der Waals surface area contributed by atoms with Gasteiger partial charge in [0.2, 0.25) is 0 Å². The lowest BCUT2D eigenvalue weighted by atomic mass is 10.0. The van der Waals surface area contributed by atoms with Crippen LogP contribution in [0.25, 0.3) is 27.0 Å². The van der Waals surface area contributed by atoms with E-state index < -0.39 is 35.2 Å². The standard InChI is InChI=1S/C25H18F3N3O5S/c1-4-5-18(23(33)34)36-17-8-6-13(2)10-15(17)22-16-11-14(7-9-19(16)37-29-22)31-21(32)12-20(25(26,27)28)30(3)24(31)35/h1,6-12,18H,5H2,2-3H3,(H,33,34)/p-1. The van der Waals surface area contributed by atoms with Crippen molar-refractivity contribution in [1.29, 1.82) is 0 Å². The van der Waals surface area contributed by atoms with E-state index in [1.807, 2.05) is 0 Å². The number of terminal acetylenes is 1. The minimum atomic E-state index is -4.88. The highest BCUT2D eigenvalue weighted by molar-refractivity contribution is 7.13. The number of alkyl halides is 3. The van der Waals surface area contributed by atoms with Gasteiger partial charge in [0.1, 0.15) is 17.5 Å². The molecule has 0 fully saturated rings. The van der Waals surface area contributed by atoms with Crippen LogP contribution in [-0.4, -0.2) is 25.6 Å². The number of carbonyl (C=O) groups is 1. The molecule has 8 nitrogen and oxygen atoms in total. The van der Waals surface area contributed by atoms with E-state index in [0.717, 1.165) is 24.1 Å². The number of nitrogens with zero attached hydrogens (tertiary/aromatic N) is 3. The smallest absolute Gasteiger partial charge is 0.431 e. The van der Waals surface area contributed by atoms with Crippen LogP contribution in [0, 0.1) is 19.3 Å². The van der Waals surface area contributed by atoms with Crippen molar-refractivity contribution < 1.29 is 27.8 Å². The number of fused-ring (bicyclic) bond motifs is 1.